The smallest absolute Gasteiger partial charge is 0.328 e. The molecule has 0 unspecified atom stereocenters. The fourth-order valence-electron chi connectivity index (χ4n) is 1.24. The minimum Gasteiger partial charge on any atom is -0.481 e. The molecule has 1 aromatic heterocycles. The highest BCUT2D eigenvalue weighted by molar-refractivity contribution is 5.76. The van der Waals surface area contributed by atoms with Gasteiger partial charge in [-0.2, -0.15) is 0 Å². The van der Waals surface area contributed by atoms with Crippen LogP contribution in [0.5, 0.6) is 0 Å². The van der Waals surface area contributed by atoms with Crippen LogP contribution in [0.25, 0.3) is 0 Å². The Morgan fingerprint density at radius 3 is 2.67 bits per heavy atom. The second kappa shape index (κ2) is 6.38. The molecule has 0 bridgehead atoms. The van der Waals surface area contributed by atoms with Crippen LogP contribution in [-0.2, 0) is 16.1 Å². The van der Waals surface area contributed by atoms with Gasteiger partial charge in [-0.25, -0.2) is 4.79 Å². The van der Waals surface area contributed by atoms with Crippen LogP contribution in [0, 0.1) is 0 Å². The number of hydrogen-bond acceptors (Lipinski definition) is 4. The summed E-state index contributed by atoms with van der Waals surface area (Å²) >= 11 is 0. The normalized spacial score (nSPS) is 10.0. The van der Waals surface area contributed by atoms with Crippen LogP contribution in [0.1, 0.15) is 12.8 Å². The van der Waals surface area contributed by atoms with Crippen molar-refractivity contribution in [2.45, 2.75) is 19.4 Å². The summed E-state index contributed by atoms with van der Waals surface area (Å²) in [6.07, 6.45) is 1.18. The zero-order valence-corrected chi connectivity index (χ0v) is 9.51. The van der Waals surface area contributed by atoms with E-state index in [4.69, 9.17) is 5.11 Å². The van der Waals surface area contributed by atoms with Gasteiger partial charge in [-0.05, 0) is 0 Å². The molecule has 0 aliphatic rings. The van der Waals surface area contributed by atoms with Gasteiger partial charge in [0.15, 0.2) is 0 Å². The number of aliphatic carboxylic acids is 1. The second-order valence-electron chi connectivity index (χ2n) is 3.55. The van der Waals surface area contributed by atoms with E-state index in [0.29, 0.717) is 0 Å². The van der Waals surface area contributed by atoms with Gasteiger partial charge in [-0.3, -0.25) is 19.4 Å². The molecule has 0 radical (unpaired) electrons. The first-order valence-corrected chi connectivity index (χ1v) is 5.27. The van der Waals surface area contributed by atoms with Gasteiger partial charge < -0.3 is 15.0 Å². The molecule has 0 saturated carbocycles. The van der Waals surface area contributed by atoms with Gasteiger partial charge in [0.05, 0.1) is 6.42 Å². The Labute approximate surface area is 101 Å². The van der Waals surface area contributed by atoms with Gasteiger partial charge in [-0.1, -0.05) is 0 Å². The molecule has 1 rings (SSSR count). The van der Waals surface area contributed by atoms with Crippen molar-refractivity contribution in [1.29, 1.82) is 0 Å². The molecule has 18 heavy (non-hydrogen) atoms. The molecule has 0 fully saturated rings. The van der Waals surface area contributed by atoms with Gasteiger partial charge in [0.2, 0.25) is 5.91 Å². The fraction of sp³-hybridized carbons (Fsp3) is 0.400. The number of amides is 1. The molecule has 0 aromatic carbocycles. The van der Waals surface area contributed by atoms with Gasteiger partial charge in [-0.15, -0.1) is 0 Å². The second-order valence-corrected chi connectivity index (χ2v) is 3.55. The summed E-state index contributed by atoms with van der Waals surface area (Å²) in [6, 6.07) is 1.18. The number of nitrogens with one attached hydrogen (secondary N) is 2. The first-order chi connectivity index (χ1) is 8.49. The summed E-state index contributed by atoms with van der Waals surface area (Å²) in [5.74, 6) is -1.35. The maximum absolute atomic E-state index is 11.3. The van der Waals surface area contributed by atoms with Gasteiger partial charge in [0, 0.05) is 31.8 Å². The molecule has 0 aliphatic heterocycles. The minimum absolute atomic E-state index is 0.0333. The summed E-state index contributed by atoms with van der Waals surface area (Å²) in [5, 5.41) is 10.8. The molecule has 0 saturated heterocycles. The average molecular weight is 255 g/mol. The molecule has 98 valence electrons. The number of nitrogens with zero attached hydrogens (tertiary/aromatic N) is 1. The largest absolute Gasteiger partial charge is 0.481 e. The Hall–Kier alpha value is -2.38. The Kier molecular flexibility index (Phi) is 4.85. The van der Waals surface area contributed by atoms with E-state index >= 15 is 0 Å². The molecule has 1 heterocycles. The number of aromatic amines is 1. The number of carbonyl (C=O) groups excluding carboxylic acids is 1. The van der Waals surface area contributed by atoms with Crippen LogP contribution >= 0.6 is 0 Å². The van der Waals surface area contributed by atoms with E-state index in [2.05, 4.69) is 10.3 Å². The number of rotatable bonds is 6. The zero-order chi connectivity index (χ0) is 13.5. The molecule has 8 nitrogen and oxygen atoms in total. The van der Waals surface area contributed by atoms with Crippen molar-refractivity contribution in [3.05, 3.63) is 33.1 Å². The van der Waals surface area contributed by atoms with Gasteiger partial charge in [0.25, 0.3) is 5.56 Å². The number of carboxylic acids is 1. The lowest BCUT2D eigenvalue weighted by Crippen LogP contribution is -2.31. The molecule has 0 atom stereocenters. The summed E-state index contributed by atoms with van der Waals surface area (Å²) in [6.45, 7) is 0.170. The third kappa shape index (κ3) is 4.64. The number of carbonyl (C=O) groups is 2. The first-order valence-electron chi connectivity index (χ1n) is 5.27. The van der Waals surface area contributed by atoms with Crippen LogP contribution in [-0.4, -0.2) is 33.1 Å². The number of aromatic nitrogens is 2. The maximum atomic E-state index is 11.3. The molecular formula is C10H13N3O5. The van der Waals surface area contributed by atoms with E-state index in [9.17, 15) is 19.2 Å². The Bertz CT molecular complexity index is 545. The van der Waals surface area contributed by atoms with E-state index < -0.39 is 17.2 Å². The Morgan fingerprint density at radius 2 is 2.06 bits per heavy atom. The standard InChI is InChI=1S/C10H13N3O5/c14-7(11-4-1-9(16)17)2-5-13-6-3-8(15)12-10(13)18/h3,6H,1-2,4-5H2,(H,11,14)(H,16,17)(H,12,15,18). The van der Waals surface area contributed by atoms with Crippen LogP contribution in [0.2, 0.25) is 0 Å². The van der Waals surface area contributed by atoms with Crippen LogP contribution in [0.3, 0.4) is 0 Å². The maximum Gasteiger partial charge on any atom is 0.328 e. The fourth-order valence-corrected chi connectivity index (χ4v) is 1.24. The predicted octanol–water partition coefficient (Wildman–Crippen LogP) is -1.48. The molecule has 1 aromatic rings. The highest BCUT2D eigenvalue weighted by Crippen LogP contribution is 1.86. The lowest BCUT2D eigenvalue weighted by Gasteiger charge is -2.05. The van der Waals surface area contributed by atoms with E-state index in [1.807, 2.05) is 0 Å². The van der Waals surface area contributed by atoms with Crippen LogP contribution < -0.4 is 16.6 Å². The van der Waals surface area contributed by atoms with Crippen LogP contribution in [0.15, 0.2) is 21.9 Å². The third-order valence-electron chi connectivity index (χ3n) is 2.14. The van der Waals surface area contributed by atoms with Crippen molar-refractivity contribution in [2.75, 3.05) is 6.54 Å². The lowest BCUT2D eigenvalue weighted by molar-refractivity contribution is -0.136. The molecule has 1 amide bonds. The summed E-state index contributed by atoms with van der Waals surface area (Å²) in [5.41, 5.74) is -1.08. The van der Waals surface area contributed by atoms with E-state index in [1.54, 1.807) is 0 Å². The molecule has 3 N–H and O–H groups in total. The van der Waals surface area contributed by atoms with Crippen molar-refractivity contribution in [1.82, 2.24) is 14.9 Å². The van der Waals surface area contributed by atoms with E-state index in [-0.39, 0.29) is 31.8 Å². The van der Waals surface area contributed by atoms with E-state index in [0.717, 1.165) is 0 Å². The quantitative estimate of drug-likeness (QED) is 0.572. The molecule has 0 spiro atoms. The van der Waals surface area contributed by atoms with Crippen molar-refractivity contribution in [2.24, 2.45) is 0 Å². The topological polar surface area (TPSA) is 121 Å². The first kappa shape index (κ1) is 13.7. The zero-order valence-electron chi connectivity index (χ0n) is 9.51. The summed E-state index contributed by atoms with van der Waals surface area (Å²) in [4.78, 5) is 45.6. The Balaban J connectivity index is 2.40. The predicted molar refractivity (Wildman–Crippen MR) is 61.2 cm³/mol. The summed E-state index contributed by atoms with van der Waals surface area (Å²) < 4.78 is 1.19. The van der Waals surface area contributed by atoms with Crippen molar-refractivity contribution < 1.29 is 14.7 Å². The number of aryl methyl sites for hydroxylation is 1. The van der Waals surface area contributed by atoms with Crippen molar-refractivity contribution >= 4 is 11.9 Å². The van der Waals surface area contributed by atoms with Crippen LogP contribution in [0.4, 0.5) is 0 Å². The highest BCUT2D eigenvalue weighted by atomic mass is 16.4. The number of H-pyrrole nitrogens is 1. The van der Waals surface area contributed by atoms with Crippen molar-refractivity contribution in [3.63, 3.8) is 0 Å². The molecule has 0 aliphatic carbocycles. The number of hydrogen-bond donors (Lipinski definition) is 3. The average Bonchev–Trinajstić information content (AvgIpc) is 2.27. The van der Waals surface area contributed by atoms with Gasteiger partial charge in [0.1, 0.15) is 0 Å². The SMILES string of the molecule is O=C(O)CCNC(=O)CCn1ccc(=O)[nH]c1=O. The Morgan fingerprint density at radius 1 is 1.33 bits per heavy atom. The monoisotopic (exact) mass is 255 g/mol. The third-order valence-corrected chi connectivity index (χ3v) is 2.14. The lowest BCUT2D eigenvalue weighted by atomic mass is 10.3. The van der Waals surface area contributed by atoms with E-state index in [1.165, 1.54) is 16.8 Å². The molecular weight excluding hydrogens is 242 g/mol. The minimum atomic E-state index is -0.993. The molecule has 8 heteroatoms. The number of carboxylic acid groups (broad SMARTS) is 1. The van der Waals surface area contributed by atoms with Crippen molar-refractivity contribution in [3.8, 4) is 0 Å². The summed E-state index contributed by atoms with van der Waals surface area (Å²) in [7, 11) is 0. The van der Waals surface area contributed by atoms with Gasteiger partial charge >= 0.3 is 11.7 Å². The highest BCUT2D eigenvalue weighted by Gasteiger charge is 2.04.